The summed E-state index contributed by atoms with van der Waals surface area (Å²) in [5.41, 5.74) is 2.65. The first kappa shape index (κ1) is 22.4. The fourth-order valence-corrected chi connectivity index (χ4v) is 3.59. The van der Waals surface area contributed by atoms with Crippen LogP contribution in [0.3, 0.4) is 0 Å². The molecule has 0 unspecified atom stereocenters. The van der Waals surface area contributed by atoms with Crippen LogP contribution in [-0.2, 0) is 17.1 Å². The average molecular weight is 463 g/mol. The first-order valence-electron chi connectivity index (χ1n) is 9.03. The largest absolute Gasteiger partial charge is 0.384 e. The zero-order chi connectivity index (χ0) is 22.8. The molecule has 1 heterocycles. The zero-order valence-corrected chi connectivity index (χ0v) is 18.3. The number of anilines is 4. The van der Waals surface area contributed by atoms with Crippen molar-refractivity contribution >= 4 is 44.4 Å². The lowest BCUT2D eigenvalue weighted by atomic mass is 10.0. The summed E-state index contributed by atoms with van der Waals surface area (Å²) in [6.07, 6.45) is 1.62. The van der Waals surface area contributed by atoms with Crippen LogP contribution in [0.15, 0.2) is 65.4 Å². The van der Waals surface area contributed by atoms with Crippen molar-refractivity contribution in [1.29, 1.82) is 0 Å². The SMILES string of the molecule is C=CS(=O)(=O)Nc1ccc(Nc2ccc(Cl)c(F)c2)c(-c2cc(NC)c(=O)n(C)c2)c1. The van der Waals surface area contributed by atoms with Crippen molar-refractivity contribution in [2.75, 3.05) is 22.4 Å². The molecule has 0 saturated heterocycles. The molecule has 0 saturated carbocycles. The van der Waals surface area contributed by atoms with E-state index in [0.29, 0.717) is 33.9 Å². The van der Waals surface area contributed by atoms with E-state index in [1.165, 1.54) is 16.7 Å². The summed E-state index contributed by atoms with van der Waals surface area (Å²) in [7, 11) is -0.480. The Morgan fingerprint density at radius 2 is 1.81 bits per heavy atom. The Labute approximate surface area is 184 Å². The van der Waals surface area contributed by atoms with E-state index >= 15 is 0 Å². The van der Waals surface area contributed by atoms with Crippen molar-refractivity contribution in [2.45, 2.75) is 0 Å². The highest BCUT2D eigenvalue weighted by molar-refractivity contribution is 7.95. The van der Waals surface area contributed by atoms with Gasteiger partial charge in [-0.3, -0.25) is 9.52 Å². The highest BCUT2D eigenvalue weighted by Crippen LogP contribution is 2.34. The summed E-state index contributed by atoms with van der Waals surface area (Å²) in [4.78, 5) is 12.3. The summed E-state index contributed by atoms with van der Waals surface area (Å²) in [5.74, 6) is -0.580. The lowest BCUT2D eigenvalue weighted by molar-refractivity contribution is 0.609. The molecule has 162 valence electrons. The van der Waals surface area contributed by atoms with Gasteiger partial charge in [0.2, 0.25) is 0 Å². The number of benzene rings is 2. The monoisotopic (exact) mass is 462 g/mol. The van der Waals surface area contributed by atoms with E-state index in [1.807, 2.05) is 0 Å². The Kier molecular flexibility index (Phi) is 6.37. The third kappa shape index (κ3) is 5.07. The molecular weight excluding hydrogens is 443 g/mol. The molecule has 10 heteroatoms. The summed E-state index contributed by atoms with van der Waals surface area (Å²) in [6.45, 7) is 3.29. The van der Waals surface area contributed by atoms with E-state index in [1.54, 1.807) is 50.6 Å². The second kappa shape index (κ2) is 8.83. The molecule has 2 aromatic carbocycles. The number of sulfonamides is 1. The molecule has 31 heavy (non-hydrogen) atoms. The normalized spacial score (nSPS) is 11.1. The van der Waals surface area contributed by atoms with Crippen molar-refractivity contribution in [3.05, 3.63) is 81.8 Å². The molecule has 3 aromatic rings. The van der Waals surface area contributed by atoms with Crippen molar-refractivity contribution < 1.29 is 12.8 Å². The predicted octanol–water partition coefficient (Wildman–Crippen LogP) is 4.52. The summed E-state index contributed by atoms with van der Waals surface area (Å²) in [5, 5.41) is 6.76. The minimum absolute atomic E-state index is 0.00308. The van der Waals surface area contributed by atoms with E-state index in [2.05, 4.69) is 21.9 Å². The first-order valence-corrected chi connectivity index (χ1v) is 11.0. The lowest BCUT2D eigenvalue weighted by Crippen LogP contribution is -2.19. The molecule has 0 aliphatic carbocycles. The Balaban J connectivity index is 2.16. The molecule has 0 bridgehead atoms. The Morgan fingerprint density at radius 1 is 1.10 bits per heavy atom. The zero-order valence-electron chi connectivity index (χ0n) is 16.7. The van der Waals surface area contributed by atoms with Gasteiger partial charge in [0.25, 0.3) is 15.6 Å². The minimum Gasteiger partial charge on any atom is -0.384 e. The molecule has 0 aliphatic heterocycles. The van der Waals surface area contributed by atoms with Crippen LogP contribution < -0.4 is 20.9 Å². The molecule has 0 spiro atoms. The summed E-state index contributed by atoms with van der Waals surface area (Å²) in [6, 6.07) is 10.7. The standard InChI is InChI=1S/C21H20ClFN4O3S/c1-4-31(29,30)26-15-6-8-19(25-14-5-7-17(22)18(23)11-14)16(10-15)13-9-20(24-2)21(28)27(3)12-13/h4-12,24-26H,1H2,2-3H3. The molecule has 1 aromatic heterocycles. The van der Waals surface area contributed by atoms with Crippen molar-refractivity contribution in [3.63, 3.8) is 0 Å². The highest BCUT2D eigenvalue weighted by Gasteiger charge is 2.13. The molecule has 7 nitrogen and oxygen atoms in total. The van der Waals surface area contributed by atoms with Crippen LogP contribution in [0.5, 0.6) is 0 Å². The lowest BCUT2D eigenvalue weighted by Gasteiger charge is -2.16. The fourth-order valence-electron chi connectivity index (χ4n) is 2.93. The quantitative estimate of drug-likeness (QED) is 0.480. The molecule has 0 aliphatic rings. The second-order valence-corrected chi connectivity index (χ2v) is 8.67. The van der Waals surface area contributed by atoms with Crippen LogP contribution in [0.25, 0.3) is 11.1 Å². The van der Waals surface area contributed by atoms with Gasteiger partial charge in [0.15, 0.2) is 0 Å². The van der Waals surface area contributed by atoms with Gasteiger partial charge in [-0.2, -0.15) is 0 Å². The third-order valence-electron chi connectivity index (χ3n) is 4.46. The topological polar surface area (TPSA) is 92.2 Å². The van der Waals surface area contributed by atoms with Gasteiger partial charge in [0, 0.05) is 53.9 Å². The molecule has 3 N–H and O–H groups in total. The maximum absolute atomic E-state index is 13.9. The molecule has 0 atom stereocenters. The molecule has 0 amide bonds. The Hall–Kier alpha value is -3.30. The van der Waals surface area contributed by atoms with Gasteiger partial charge in [0.05, 0.1) is 5.02 Å². The van der Waals surface area contributed by atoms with E-state index in [0.717, 1.165) is 5.41 Å². The summed E-state index contributed by atoms with van der Waals surface area (Å²) >= 11 is 5.76. The molecule has 0 fully saturated rings. The number of pyridine rings is 1. The van der Waals surface area contributed by atoms with Gasteiger partial charge >= 0.3 is 0 Å². The van der Waals surface area contributed by atoms with E-state index < -0.39 is 15.8 Å². The van der Waals surface area contributed by atoms with Crippen LogP contribution in [0.4, 0.5) is 27.1 Å². The van der Waals surface area contributed by atoms with Gasteiger partial charge < -0.3 is 15.2 Å². The fraction of sp³-hybridized carbons (Fsp3) is 0.0952. The van der Waals surface area contributed by atoms with Crippen LogP contribution in [0.2, 0.25) is 5.02 Å². The second-order valence-electron chi connectivity index (χ2n) is 6.64. The van der Waals surface area contributed by atoms with Crippen molar-refractivity contribution in [1.82, 2.24) is 4.57 Å². The van der Waals surface area contributed by atoms with Crippen LogP contribution >= 0.6 is 11.6 Å². The first-order chi connectivity index (χ1) is 14.6. The maximum Gasteiger partial charge on any atom is 0.273 e. The van der Waals surface area contributed by atoms with Crippen molar-refractivity contribution in [2.24, 2.45) is 7.05 Å². The number of nitrogens with zero attached hydrogens (tertiary/aromatic N) is 1. The number of nitrogens with one attached hydrogen (secondary N) is 3. The van der Waals surface area contributed by atoms with Crippen molar-refractivity contribution in [3.8, 4) is 11.1 Å². The van der Waals surface area contributed by atoms with Gasteiger partial charge in [-0.25, -0.2) is 12.8 Å². The number of halogens is 2. The number of aryl methyl sites for hydroxylation is 1. The molecular formula is C21H20ClFN4O3S. The van der Waals surface area contributed by atoms with E-state index in [4.69, 9.17) is 11.6 Å². The maximum atomic E-state index is 13.9. The smallest absolute Gasteiger partial charge is 0.273 e. The summed E-state index contributed by atoms with van der Waals surface area (Å²) < 4.78 is 41.5. The van der Waals surface area contributed by atoms with E-state index in [-0.39, 0.29) is 10.6 Å². The highest BCUT2D eigenvalue weighted by atomic mass is 35.5. The Bertz CT molecular complexity index is 1320. The van der Waals surface area contributed by atoms with E-state index in [9.17, 15) is 17.6 Å². The molecule has 3 rings (SSSR count). The van der Waals surface area contributed by atoms with Crippen LogP contribution in [-0.4, -0.2) is 20.0 Å². The average Bonchev–Trinajstić information content (AvgIpc) is 2.73. The third-order valence-corrected chi connectivity index (χ3v) is 5.73. The van der Waals surface area contributed by atoms with Gasteiger partial charge in [-0.1, -0.05) is 18.2 Å². The number of hydrogen-bond donors (Lipinski definition) is 3. The van der Waals surface area contributed by atoms with Crippen LogP contribution in [0.1, 0.15) is 0 Å². The predicted molar refractivity (Wildman–Crippen MR) is 124 cm³/mol. The molecule has 0 radical (unpaired) electrons. The van der Waals surface area contributed by atoms with Gasteiger partial charge in [-0.05, 0) is 42.5 Å². The number of rotatable bonds is 7. The Morgan fingerprint density at radius 3 is 2.45 bits per heavy atom. The number of aromatic nitrogens is 1. The van der Waals surface area contributed by atoms with Gasteiger partial charge in [0.1, 0.15) is 11.5 Å². The van der Waals surface area contributed by atoms with Gasteiger partial charge in [-0.15, -0.1) is 0 Å². The number of hydrogen-bond acceptors (Lipinski definition) is 5. The minimum atomic E-state index is -3.72. The van der Waals surface area contributed by atoms with Crippen LogP contribution in [0, 0.1) is 5.82 Å².